The van der Waals surface area contributed by atoms with Crippen molar-refractivity contribution < 1.29 is 4.79 Å². The molecule has 2 aliphatic rings. The number of nitrogens with one attached hydrogen (secondary N) is 2. The standard InChI is InChI=1S/C17H24N2O/c1-18-16(13-5-2-3-6-13)14-9-8-12-7-4-10-19-17(20)15(12)11-14/h8-9,11,13,16,18H,2-7,10H2,1H3,(H,19,20). The lowest BCUT2D eigenvalue weighted by molar-refractivity contribution is 0.0956. The molecule has 1 aromatic rings. The number of fused-ring (bicyclic) bond motifs is 1. The largest absolute Gasteiger partial charge is 0.352 e. The number of aryl methyl sites for hydroxylation is 1. The Balaban J connectivity index is 1.91. The molecule has 0 aromatic heterocycles. The second-order valence-electron chi connectivity index (χ2n) is 6.09. The van der Waals surface area contributed by atoms with Crippen molar-refractivity contribution >= 4 is 5.91 Å². The van der Waals surface area contributed by atoms with Gasteiger partial charge in [0.05, 0.1) is 0 Å². The molecule has 1 heterocycles. The van der Waals surface area contributed by atoms with E-state index in [1.165, 1.54) is 36.8 Å². The highest BCUT2D eigenvalue weighted by atomic mass is 16.1. The van der Waals surface area contributed by atoms with Crippen molar-refractivity contribution in [2.45, 2.75) is 44.6 Å². The lowest BCUT2D eigenvalue weighted by Gasteiger charge is -2.24. The average Bonchev–Trinajstić information content (AvgIpc) is 2.92. The Morgan fingerprint density at radius 3 is 2.80 bits per heavy atom. The van der Waals surface area contributed by atoms with E-state index in [1.54, 1.807) is 0 Å². The molecule has 1 amide bonds. The molecule has 3 heteroatoms. The van der Waals surface area contributed by atoms with E-state index in [9.17, 15) is 4.79 Å². The quantitative estimate of drug-likeness (QED) is 0.888. The summed E-state index contributed by atoms with van der Waals surface area (Å²) in [5.74, 6) is 0.813. The van der Waals surface area contributed by atoms with Crippen LogP contribution in [-0.2, 0) is 6.42 Å². The van der Waals surface area contributed by atoms with Crippen molar-refractivity contribution in [1.29, 1.82) is 0 Å². The SMILES string of the molecule is CNC(c1ccc2c(c1)C(=O)NCCC2)C1CCCC1. The van der Waals surface area contributed by atoms with Gasteiger partial charge in [0.25, 0.3) is 5.91 Å². The lowest BCUT2D eigenvalue weighted by Crippen LogP contribution is -2.25. The van der Waals surface area contributed by atoms with Crippen molar-refractivity contribution in [3.05, 3.63) is 34.9 Å². The first kappa shape index (κ1) is 13.6. The summed E-state index contributed by atoms with van der Waals surface area (Å²) in [5, 5.41) is 6.46. The van der Waals surface area contributed by atoms with E-state index in [1.807, 2.05) is 7.05 Å². The van der Waals surface area contributed by atoms with Crippen LogP contribution in [0.2, 0.25) is 0 Å². The molecular weight excluding hydrogens is 248 g/mol. The number of hydrogen-bond acceptors (Lipinski definition) is 2. The van der Waals surface area contributed by atoms with Gasteiger partial charge in [0.1, 0.15) is 0 Å². The normalized spacial score (nSPS) is 21.1. The van der Waals surface area contributed by atoms with Crippen LogP contribution in [0, 0.1) is 5.92 Å². The molecule has 108 valence electrons. The van der Waals surface area contributed by atoms with E-state index in [0.29, 0.717) is 12.0 Å². The average molecular weight is 272 g/mol. The van der Waals surface area contributed by atoms with E-state index in [0.717, 1.165) is 24.9 Å². The van der Waals surface area contributed by atoms with Gasteiger partial charge >= 0.3 is 0 Å². The van der Waals surface area contributed by atoms with Gasteiger partial charge in [-0.1, -0.05) is 25.0 Å². The predicted molar refractivity (Wildman–Crippen MR) is 80.9 cm³/mol. The monoisotopic (exact) mass is 272 g/mol. The zero-order valence-corrected chi connectivity index (χ0v) is 12.2. The maximum absolute atomic E-state index is 12.2. The molecule has 1 atom stereocenters. The maximum atomic E-state index is 12.2. The molecule has 1 fully saturated rings. The van der Waals surface area contributed by atoms with Crippen molar-refractivity contribution in [2.24, 2.45) is 5.92 Å². The van der Waals surface area contributed by atoms with Gasteiger partial charge in [-0.15, -0.1) is 0 Å². The summed E-state index contributed by atoms with van der Waals surface area (Å²) in [6.07, 6.45) is 7.32. The number of benzene rings is 1. The van der Waals surface area contributed by atoms with E-state index >= 15 is 0 Å². The van der Waals surface area contributed by atoms with Gasteiger partial charge in [-0.05, 0) is 55.8 Å². The van der Waals surface area contributed by atoms with Gasteiger partial charge in [-0.2, -0.15) is 0 Å². The molecule has 3 nitrogen and oxygen atoms in total. The van der Waals surface area contributed by atoms with Crippen LogP contribution in [0.3, 0.4) is 0 Å². The molecule has 1 aliphatic carbocycles. The fourth-order valence-corrected chi connectivity index (χ4v) is 3.76. The topological polar surface area (TPSA) is 41.1 Å². The predicted octanol–water partition coefficient (Wildman–Crippen LogP) is 2.81. The summed E-state index contributed by atoms with van der Waals surface area (Å²) >= 11 is 0. The summed E-state index contributed by atoms with van der Waals surface area (Å²) in [6, 6.07) is 6.89. The van der Waals surface area contributed by atoms with Gasteiger partial charge in [0, 0.05) is 18.2 Å². The maximum Gasteiger partial charge on any atom is 0.251 e. The van der Waals surface area contributed by atoms with Gasteiger partial charge < -0.3 is 10.6 Å². The third kappa shape index (κ3) is 2.59. The van der Waals surface area contributed by atoms with Crippen molar-refractivity contribution in [3.8, 4) is 0 Å². The number of hydrogen-bond donors (Lipinski definition) is 2. The highest BCUT2D eigenvalue weighted by Gasteiger charge is 2.26. The van der Waals surface area contributed by atoms with Crippen molar-refractivity contribution in [2.75, 3.05) is 13.6 Å². The van der Waals surface area contributed by atoms with E-state index < -0.39 is 0 Å². The minimum absolute atomic E-state index is 0.0978. The third-order valence-corrected chi connectivity index (χ3v) is 4.83. The minimum atomic E-state index is 0.0978. The summed E-state index contributed by atoms with van der Waals surface area (Å²) in [4.78, 5) is 12.2. The molecule has 1 aromatic carbocycles. The Kier molecular flexibility index (Phi) is 4.06. The van der Waals surface area contributed by atoms with Gasteiger partial charge in [-0.25, -0.2) is 0 Å². The zero-order chi connectivity index (χ0) is 13.9. The van der Waals surface area contributed by atoms with Gasteiger partial charge in [0.2, 0.25) is 0 Å². The van der Waals surface area contributed by atoms with Crippen LogP contribution in [0.25, 0.3) is 0 Å². The van der Waals surface area contributed by atoms with Crippen LogP contribution in [0.15, 0.2) is 18.2 Å². The molecular formula is C17H24N2O. The molecule has 0 saturated heterocycles. The molecule has 20 heavy (non-hydrogen) atoms. The minimum Gasteiger partial charge on any atom is -0.352 e. The highest BCUT2D eigenvalue weighted by Crippen LogP contribution is 2.36. The Morgan fingerprint density at radius 2 is 2.05 bits per heavy atom. The Labute approximate surface area is 121 Å². The summed E-state index contributed by atoms with van der Waals surface area (Å²) < 4.78 is 0. The second kappa shape index (κ2) is 5.96. The number of carbonyl (C=O) groups excluding carboxylic acids is 1. The first-order valence-electron chi connectivity index (χ1n) is 7.88. The van der Waals surface area contributed by atoms with Crippen molar-refractivity contribution in [1.82, 2.24) is 10.6 Å². The van der Waals surface area contributed by atoms with E-state index in [2.05, 4.69) is 28.8 Å². The first-order valence-corrected chi connectivity index (χ1v) is 7.88. The lowest BCUT2D eigenvalue weighted by atomic mass is 9.89. The van der Waals surface area contributed by atoms with Gasteiger partial charge in [0.15, 0.2) is 0 Å². The fourth-order valence-electron chi connectivity index (χ4n) is 3.76. The van der Waals surface area contributed by atoms with Crippen LogP contribution >= 0.6 is 0 Å². The third-order valence-electron chi connectivity index (χ3n) is 4.83. The molecule has 2 N–H and O–H groups in total. The molecule has 0 radical (unpaired) electrons. The van der Waals surface area contributed by atoms with Crippen LogP contribution in [0.5, 0.6) is 0 Å². The molecule has 1 saturated carbocycles. The van der Waals surface area contributed by atoms with Crippen LogP contribution in [0.1, 0.15) is 59.6 Å². The Morgan fingerprint density at radius 1 is 1.25 bits per heavy atom. The van der Waals surface area contributed by atoms with Crippen LogP contribution in [0.4, 0.5) is 0 Å². The van der Waals surface area contributed by atoms with Crippen LogP contribution < -0.4 is 10.6 Å². The van der Waals surface area contributed by atoms with Crippen LogP contribution in [-0.4, -0.2) is 19.5 Å². The van der Waals surface area contributed by atoms with E-state index in [-0.39, 0.29) is 5.91 Å². The smallest absolute Gasteiger partial charge is 0.251 e. The highest BCUT2D eigenvalue weighted by molar-refractivity contribution is 5.96. The van der Waals surface area contributed by atoms with Crippen molar-refractivity contribution in [3.63, 3.8) is 0 Å². The van der Waals surface area contributed by atoms with E-state index in [4.69, 9.17) is 0 Å². The Hall–Kier alpha value is -1.35. The zero-order valence-electron chi connectivity index (χ0n) is 12.2. The first-order chi connectivity index (χ1) is 9.79. The number of carbonyl (C=O) groups is 1. The molecule has 1 aliphatic heterocycles. The molecule has 0 bridgehead atoms. The number of rotatable bonds is 3. The summed E-state index contributed by atoms with van der Waals surface area (Å²) in [6.45, 7) is 0.793. The number of amides is 1. The molecule has 1 unspecified atom stereocenters. The fraction of sp³-hybridized carbons (Fsp3) is 0.588. The molecule has 0 spiro atoms. The summed E-state index contributed by atoms with van der Waals surface area (Å²) in [5.41, 5.74) is 3.36. The second-order valence-corrected chi connectivity index (χ2v) is 6.09. The Bertz CT molecular complexity index is 492. The van der Waals surface area contributed by atoms with Gasteiger partial charge in [-0.3, -0.25) is 4.79 Å². The summed E-state index contributed by atoms with van der Waals surface area (Å²) in [7, 11) is 2.04. The molecule has 3 rings (SSSR count).